The van der Waals surface area contributed by atoms with E-state index in [9.17, 15) is 23.3 Å². The molecule has 1 aromatic carbocycles. The van der Waals surface area contributed by atoms with Crippen LogP contribution in [0.4, 0.5) is 11.4 Å². The number of anilines is 1. The third-order valence-corrected chi connectivity index (χ3v) is 4.78. The fraction of sp³-hybridized carbons (Fsp3) is 0.500. The number of sulfonamides is 1. The Morgan fingerprint density at radius 3 is 2.73 bits per heavy atom. The SMILES string of the molecule is Cl.NS(=O)(=O)c1ccc(NCCC(=O)NCC2CCCN2)c([N+](=O)[O-])c1. The monoisotopic (exact) mass is 407 g/mol. The number of primary sulfonamides is 1. The second-order valence-electron chi connectivity index (χ2n) is 5.76. The van der Waals surface area contributed by atoms with Crippen molar-refractivity contribution in [1.82, 2.24) is 10.6 Å². The van der Waals surface area contributed by atoms with E-state index in [2.05, 4.69) is 16.0 Å². The highest BCUT2D eigenvalue weighted by atomic mass is 35.5. The lowest BCUT2D eigenvalue weighted by molar-refractivity contribution is -0.384. The molecule has 0 saturated carbocycles. The van der Waals surface area contributed by atoms with Crippen LogP contribution in [0.2, 0.25) is 0 Å². The van der Waals surface area contributed by atoms with Gasteiger partial charge in [-0.05, 0) is 31.5 Å². The summed E-state index contributed by atoms with van der Waals surface area (Å²) in [5, 5.41) is 24.9. The summed E-state index contributed by atoms with van der Waals surface area (Å²) in [6.07, 6.45) is 2.27. The van der Waals surface area contributed by atoms with Crippen LogP contribution >= 0.6 is 12.4 Å². The van der Waals surface area contributed by atoms with E-state index in [1.807, 2.05) is 0 Å². The first-order valence-corrected chi connectivity index (χ1v) is 9.37. The average Bonchev–Trinajstić information content (AvgIpc) is 3.05. The summed E-state index contributed by atoms with van der Waals surface area (Å²) in [4.78, 5) is 21.8. The molecular formula is C14H22ClN5O5S. The lowest BCUT2D eigenvalue weighted by atomic mass is 10.2. The maximum Gasteiger partial charge on any atom is 0.293 e. The molecule has 0 aromatic heterocycles. The van der Waals surface area contributed by atoms with Crippen LogP contribution in [0.5, 0.6) is 0 Å². The van der Waals surface area contributed by atoms with Crippen LogP contribution in [-0.4, -0.2) is 44.9 Å². The molecule has 12 heteroatoms. The zero-order valence-corrected chi connectivity index (χ0v) is 15.6. The van der Waals surface area contributed by atoms with E-state index >= 15 is 0 Å². The Morgan fingerprint density at radius 2 is 2.15 bits per heavy atom. The van der Waals surface area contributed by atoms with Crippen molar-refractivity contribution in [2.75, 3.05) is 25.0 Å². The van der Waals surface area contributed by atoms with Gasteiger partial charge in [0.05, 0.1) is 9.82 Å². The summed E-state index contributed by atoms with van der Waals surface area (Å²) in [5.41, 5.74) is -0.287. The highest BCUT2D eigenvalue weighted by Gasteiger charge is 2.19. The number of carbonyl (C=O) groups is 1. The molecule has 0 radical (unpaired) electrons. The molecule has 146 valence electrons. The van der Waals surface area contributed by atoms with Gasteiger partial charge in [-0.1, -0.05) is 0 Å². The van der Waals surface area contributed by atoms with Crippen LogP contribution < -0.4 is 21.1 Å². The van der Waals surface area contributed by atoms with Gasteiger partial charge < -0.3 is 16.0 Å². The second kappa shape index (κ2) is 9.67. The third kappa shape index (κ3) is 6.41. The lowest BCUT2D eigenvalue weighted by Gasteiger charge is -2.12. The van der Waals surface area contributed by atoms with Gasteiger partial charge in [0.15, 0.2) is 0 Å². The third-order valence-electron chi connectivity index (χ3n) is 3.87. The normalized spacial score (nSPS) is 16.6. The molecule has 1 fully saturated rings. The zero-order chi connectivity index (χ0) is 18.4. The van der Waals surface area contributed by atoms with Crippen molar-refractivity contribution >= 4 is 39.7 Å². The molecular weight excluding hydrogens is 386 g/mol. The first kappa shape index (κ1) is 22.1. The Morgan fingerprint density at radius 1 is 1.42 bits per heavy atom. The van der Waals surface area contributed by atoms with E-state index in [0.717, 1.165) is 25.5 Å². The lowest BCUT2D eigenvalue weighted by Crippen LogP contribution is -2.37. The highest BCUT2D eigenvalue weighted by Crippen LogP contribution is 2.27. The van der Waals surface area contributed by atoms with Crippen LogP contribution in [0.1, 0.15) is 19.3 Å². The van der Waals surface area contributed by atoms with Crippen molar-refractivity contribution in [2.24, 2.45) is 5.14 Å². The van der Waals surface area contributed by atoms with E-state index in [1.165, 1.54) is 12.1 Å². The van der Waals surface area contributed by atoms with Crippen molar-refractivity contribution in [1.29, 1.82) is 0 Å². The van der Waals surface area contributed by atoms with Gasteiger partial charge in [-0.2, -0.15) is 0 Å². The van der Waals surface area contributed by atoms with Gasteiger partial charge in [0.1, 0.15) is 5.69 Å². The van der Waals surface area contributed by atoms with Gasteiger partial charge in [0, 0.05) is 31.6 Å². The summed E-state index contributed by atoms with van der Waals surface area (Å²) in [5.74, 6) is -0.162. The first-order chi connectivity index (χ1) is 11.8. The number of nitrogens with one attached hydrogen (secondary N) is 3. The molecule has 1 unspecified atom stereocenters. The van der Waals surface area contributed by atoms with Gasteiger partial charge >= 0.3 is 0 Å². The van der Waals surface area contributed by atoms with Gasteiger partial charge in [0.2, 0.25) is 15.9 Å². The topological polar surface area (TPSA) is 156 Å². The Balaban J connectivity index is 0.00000338. The van der Waals surface area contributed by atoms with Gasteiger partial charge in [-0.25, -0.2) is 13.6 Å². The molecule has 1 aromatic rings. The molecule has 1 amide bonds. The van der Waals surface area contributed by atoms with Crippen molar-refractivity contribution in [2.45, 2.75) is 30.2 Å². The minimum absolute atomic E-state index is 0. The quantitative estimate of drug-likeness (QED) is 0.357. The van der Waals surface area contributed by atoms with E-state index in [1.54, 1.807) is 0 Å². The van der Waals surface area contributed by atoms with Crippen LogP contribution in [0.3, 0.4) is 0 Å². The predicted molar refractivity (Wildman–Crippen MR) is 98.9 cm³/mol. The van der Waals surface area contributed by atoms with Crippen LogP contribution in [-0.2, 0) is 14.8 Å². The number of hydrogen-bond donors (Lipinski definition) is 4. The maximum absolute atomic E-state index is 11.8. The molecule has 0 spiro atoms. The first-order valence-electron chi connectivity index (χ1n) is 7.82. The standard InChI is InChI=1S/C14H21N5O5S.ClH/c15-25(23,24)11-3-4-12(13(8-11)19(21)22)17-7-5-14(20)18-9-10-2-1-6-16-10;/h3-4,8,10,16-17H,1-2,5-7,9H2,(H,18,20)(H2,15,23,24);1H. The van der Waals surface area contributed by atoms with Crippen molar-refractivity contribution < 1.29 is 18.1 Å². The summed E-state index contributed by atoms with van der Waals surface area (Å²) in [6.45, 7) is 1.70. The predicted octanol–water partition coefficient (Wildman–Crippen LogP) is 0.334. The number of nitro groups is 1. The smallest absolute Gasteiger partial charge is 0.293 e. The highest BCUT2D eigenvalue weighted by molar-refractivity contribution is 7.89. The molecule has 0 aliphatic carbocycles. The largest absolute Gasteiger partial charge is 0.379 e. The summed E-state index contributed by atoms with van der Waals surface area (Å²) >= 11 is 0. The maximum atomic E-state index is 11.8. The molecule has 1 atom stereocenters. The van der Waals surface area contributed by atoms with Gasteiger partial charge in [0.25, 0.3) is 5.69 Å². The Bertz CT molecular complexity index is 752. The minimum atomic E-state index is -4.03. The molecule has 2 rings (SSSR count). The fourth-order valence-corrected chi connectivity index (χ4v) is 3.09. The summed E-state index contributed by atoms with van der Waals surface area (Å²) in [6, 6.07) is 3.63. The number of halogens is 1. The zero-order valence-electron chi connectivity index (χ0n) is 13.9. The van der Waals surface area contributed by atoms with E-state index < -0.39 is 20.6 Å². The number of nitrogens with zero attached hydrogens (tertiary/aromatic N) is 1. The second-order valence-corrected chi connectivity index (χ2v) is 7.32. The van der Waals surface area contributed by atoms with Crippen LogP contribution in [0.25, 0.3) is 0 Å². The molecule has 1 heterocycles. The number of benzene rings is 1. The number of carbonyl (C=O) groups excluding carboxylic acids is 1. The van der Waals surface area contributed by atoms with E-state index in [-0.39, 0.29) is 41.9 Å². The summed E-state index contributed by atoms with van der Waals surface area (Å²) < 4.78 is 22.6. The molecule has 0 bridgehead atoms. The molecule has 1 aliphatic heterocycles. The van der Waals surface area contributed by atoms with E-state index in [4.69, 9.17) is 5.14 Å². The van der Waals surface area contributed by atoms with Crippen molar-refractivity contribution in [3.8, 4) is 0 Å². The fourth-order valence-electron chi connectivity index (χ4n) is 2.56. The Hall–Kier alpha value is -1.95. The Labute approximate surface area is 157 Å². The van der Waals surface area contributed by atoms with Crippen LogP contribution in [0, 0.1) is 10.1 Å². The Kier molecular flexibility index (Phi) is 8.21. The summed E-state index contributed by atoms with van der Waals surface area (Å²) in [7, 11) is -4.03. The van der Waals surface area contributed by atoms with E-state index in [0.29, 0.717) is 12.6 Å². The van der Waals surface area contributed by atoms with Gasteiger partial charge in [-0.15, -0.1) is 12.4 Å². The van der Waals surface area contributed by atoms with Crippen molar-refractivity contribution in [3.05, 3.63) is 28.3 Å². The number of amides is 1. The number of nitro benzene ring substituents is 1. The minimum Gasteiger partial charge on any atom is -0.379 e. The van der Waals surface area contributed by atoms with Gasteiger partial charge in [-0.3, -0.25) is 14.9 Å². The molecule has 26 heavy (non-hydrogen) atoms. The molecule has 1 aliphatic rings. The molecule has 1 saturated heterocycles. The molecule has 10 nitrogen and oxygen atoms in total. The number of rotatable bonds is 8. The molecule has 5 N–H and O–H groups in total. The average molecular weight is 408 g/mol. The van der Waals surface area contributed by atoms with Crippen molar-refractivity contribution in [3.63, 3.8) is 0 Å². The number of nitrogens with two attached hydrogens (primary N) is 1. The van der Waals surface area contributed by atoms with Crippen LogP contribution in [0.15, 0.2) is 23.1 Å². The number of hydrogen-bond acceptors (Lipinski definition) is 7.